The van der Waals surface area contributed by atoms with E-state index >= 15 is 0 Å². The van der Waals surface area contributed by atoms with E-state index in [1.165, 1.54) is 12.1 Å². The Kier molecular flexibility index (Phi) is 14.5. The molecule has 0 heterocycles. The number of phenols is 1. The van der Waals surface area contributed by atoms with Crippen LogP contribution in [0.2, 0.25) is 0 Å². The smallest absolute Gasteiger partial charge is 0.506 e. The summed E-state index contributed by atoms with van der Waals surface area (Å²) in [5, 5.41) is 52.2. The van der Waals surface area contributed by atoms with Gasteiger partial charge in [-0.05, 0) is 17.5 Å². The minimum absolute atomic E-state index is 0. The molecule has 0 amide bonds. The first-order chi connectivity index (χ1) is 19.5. The largest absolute Gasteiger partial charge is 1.00 e. The molecule has 43 heavy (non-hydrogen) atoms. The fourth-order valence-corrected chi connectivity index (χ4v) is 4.73. The second kappa shape index (κ2) is 16.8. The number of rotatable bonds is 10. The van der Waals surface area contributed by atoms with Gasteiger partial charge in [0.1, 0.15) is 22.1 Å². The normalized spacial score (nSPS) is 13.3. The Labute approximate surface area is 258 Å². The van der Waals surface area contributed by atoms with Crippen molar-refractivity contribution < 1.29 is 67.4 Å². The molecule has 0 saturated carbocycles. The first kappa shape index (κ1) is 37.3. The van der Waals surface area contributed by atoms with Gasteiger partial charge >= 0.3 is 1.43 Å². The van der Waals surface area contributed by atoms with Crippen LogP contribution in [0.1, 0.15) is 12.6 Å². The number of anilines is 1. The summed E-state index contributed by atoms with van der Waals surface area (Å²) in [6.07, 6.45) is 0.644. The van der Waals surface area contributed by atoms with E-state index in [4.69, 9.17) is 15.3 Å². The summed E-state index contributed by atoms with van der Waals surface area (Å²) in [5.74, 6) is -0.981. The van der Waals surface area contributed by atoms with Crippen molar-refractivity contribution in [1.82, 2.24) is 4.90 Å². The second-order valence-corrected chi connectivity index (χ2v) is 9.99. The van der Waals surface area contributed by atoms with Gasteiger partial charge in [-0.3, -0.25) is 29.8 Å². The predicted octanol–water partition coefficient (Wildman–Crippen LogP) is 0.632. The zero-order chi connectivity index (χ0) is 30.2. The summed E-state index contributed by atoms with van der Waals surface area (Å²) in [7, 11) is -4.84. The third kappa shape index (κ3) is 9.36. The first-order valence-corrected chi connectivity index (χ1v) is 13.6. The van der Waals surface area contributed by atoms with Crippen molar-refractivity contribution in [3.05, 3.63) is 81.9 Å². The summed E-state index contributed by atoms with van der Waals surface area (Å²) in [6, 6.07) is 13.4. The van der Waals surface area contributed by atoms with Crippen molar-refractivity contribution in [2.45, 2.75) is 0 Å². The molecule has 17 heteroatoms. The number of nitrogens with one attached hydrogen (secondary N) is 1. The number of nitro groups is 1. The van der Waals surface area contributed by atoms with Gasteiger partial charge < -0.3 is 25.9 Å². The quantitative estimate of drug-likeness (QED) is 0.0758. The average molecular weight is 660 g/mol. The number of ketones is 1. The van der Waals surface area contributed by atoms with Gasteiger partial charge in [-0.1, -0.05) is 30.3 Å². The number of carbonyl (C=O) groups is 1. The maximum Gasteiger partial charge on any atom is 1.00 e. The number of aromatic hydroxyl groups is 1. The minimum Gasteiger partial charge on any atom is -0.506 e. The molecule has 0 aliphatic heterocycles. The zero-order valence-electron chi connectivity index (χ0n) is 23.5. The van der Waals surface area contributed by atoms with E-state index in [9.17, 15) is 33.0 Å². The van der Waals surface area contributed by atoms with Crippen LogP contribution in [0.25, 0.3) is 15.7 Å². The Morgan fingerprint density at radius 3 is 2.12 bits per heavy atom. The van der Waals surface area contributed by atoms with Crippen molar-refractivity contribution in [3.8, 4) is 5.75 Å². The van der Waals surface area contributed by atoms with Crippen LogP contribution in [0.5, 0.6) is 5.75 Å². The summed E-state index contributed by atoms with van der Waals surface area (Å²) in [5.41, 5.74) is 1.90. The third-order valence-corrected chi connectivity index (χ3v) is 6.84. The number of non-ortho nitro benzene ring substituents is 1. The minimum atomic E-state index is -4.84. The first-order valence-electron chi connectivity index (χ1n) is 12.1. The zero-order valence-corrected chi connectivity index (χ0v) is 24.5. The molecule has 4 rings (SSSR count). The van der Waals surface area contributed by atoms with Crippen LogP contribution in [-0.2, 0) is 32.3 Å². The van der Waals surface area contributed by atoms with E-state index in [2.05, 4.69) is 10.5 Å². The summed E-state index contributed by atoms with van der Waals surface area (Å²) >= 11 is 0. The third-order valence-electron chi connectivity index (χ3n) is 5.94. The van der Waals surface area contributed by atoms with E-state index in [1.807, 2.05) is 12.1 Å². The van der Waals surface area contributed by atoms with Gasteiger partial charge in [-0.25, -0.2) is 0 Å². The average Bonchev–Trinajstić information content (AvgIpc) is 2.93. The van der Waals surface area contributed by atoms with Gasteiger partial charge in [-0.15, -0.1) is 0 Å². The second-order valence-electron chi connectivity index (χ2n) is 8.60. The molecule has 0 atom stereocenters. The predicted molar refractivity (Wildman–Crippen MR) is 156 cm³/mol. The van der Waals surface area contributed by atoms with Crippen LogP contribution in [0.4, 0.5) is 11.4 Å². The number of phenolic OH excluding ortho intramolecular Hbond substituents is 1. The number of nitro benzene ring substituents is 1. The van der Waals surface area contributed by atoms with Crippen molar-refractivity contribution in [2.75, 3.05) is 44.9 Å². The van der Waals surface area contributed by atoms with Crippen LogP contribution in [0.15, 0.2) is 65.8 Å². The summed E-state index contributed by atoms with van der Waals surface area (Å²) < 4.78 is 32.9. The van der Waals surface area contributed by atoms with Crippen LogP contribution in [-0.4, -0.2) is 99.6 Å². The van der Waals surface area contributed by atoms with E-state index in [0.29, 0.717) is 31.1 Å². The number of aliphatic hydroxyl groups excluding tert-OH is 3. The van der Waals surface area contributed by atoms with Gasteiger partial charge in [0, 0.05) is 71.7 Å². The van der Waals surface area contributed by atoms with Gasteiger partial charge in [0.15, 0.2) is 0 Å². The molecule has 0 aromatic heterocycles. The van der Waals surface area contributed by atoms with Crippen molar-refractivity contribution >= 4 is 48.7 Å². The Hall–Kier alpha value is -3.76. The van der Waals surface area contributed by atoms with E-state index in [-0.39, 0.29) is 72.4 Å². The van der Waals surface area contributed by atoms with Crippen LogP contribution in [0, 0.1) is 10.1 Å². The molecule has 232 valence electrons. The van der Waals surface area contributed by atoms with Gasteiger partial charge in [-0.2, -0.15) is 13.5 Å². The standard InChI is InChI=1S/C20H13N3O7S.C6H15NO3.Cr.H2O/c24-16-8-5-11-3-1-2-4-13(11)19(16)21-22-20-14-7-6-12(23(26)27)9-15(14)18(10-17(20)25)31(28,29)30;8-4-1-7(2-5-9)3-6-10;;/h1-10,21,24H,(H,28,29,30);8-10H,1-6H2;;1H2/p+1/b22-20-;;;. The molecule has 0 bridgehead atoms. The molecular formula is C26H31CrN4O11S+. The molecule has 3 aromatic rings. The number of allylic oxidation sites excluding steroid dienone is 1. The number of hydrogen-bond acceptors (Lipinski definition) is 12. The molecule has 0 saturated heterocycles. The SMILES string of the molecule is O.O=C1C=C(S(=O)(=O)O)c2cc([N+](=O)[O-])ccc2/C1=N/Nc1c(O)ccc2ccccc12.OCCN(CCO)CCO.[Cr].[H+]. The maximum atomic E-state index is 12.6. The molecule has 0 radical (unpaired) electrons. The van der Waals surface area contributed by atoms with Crippen molar-refractivity contribution in [1.29, 1.82) is 0 Å². The van der Waals surface area contributed by atoms with Crippen LogP contribution in [0.3, 0.4) is 0 Å². The van der Waals surface area contributed by atoms with Crippen LogP contribution < -0.4 is 5.43 Å². The Bertz CT molecular complexity index is 1610. The topological polar surface area (TPSA) is 255 Å². The molecular weight excluding hydrogens is 628 g/mol. The van der Waals surface area contributed by atoms with Gasteiger partial charge in [0.2, 0.25) is 5.78 Å². The van der Waals surface area contributed by atoms with Gasteiger partial charge in [0.25, 0.3) is 15.8 Å². The Morgan fingerprint density at radius 1 is 0.953 bits per heavy atom. The van der Waals surface area contributed by atoms with Crippen molar-refractivity contribution in [3.63, 3.8) is 0 Å². The molecule has 15 nitrogen and oxygen atoms in total. The number of hydrogen-bond donors (Lipinski definition) is 6. The fraction of sp³-hybridized carbons (Fsp3) is 0.231. The Balaban J connectivity index is 0.00000124. The van der Waals surface area contributed by atoms with E-state index in [1.54, 1.807) is 23.1 Å². The number of nitrogens with zero attached hydrogens (tertiary/aromatic N) is 3. The summed E-state index contributed by atoms with van der Waals surface area (Å²) in [6.45, 7) is 1.75. The maximum absolute atomic E-state index is 12.6. The molecule has 1 aliphatic rings. The number of benzene rings is 3. The van der Waals surface area contributed by atoms with Crippen LogP contribution >= 0.6 is 0 Å². The number of fused-ring (bicyclic) bond motifs is 2. The molecule has 3 aromatic carbocycles. The number of hydrazone groups is 1. The molecule has 0 unspecified atom stereocenters. The van der Waals surface area contributed by atoms with Gasteiger partial charge in [0.05, 0.1) is 24.7 Å². The van der Waals surface area contributed by atoms with E-state index < -0.39 is 31.4 Å². The van der Waals surface area contributed by atoms with E-state index in [0.717, 1.165) is 17.5 Å². The molecule has 0 spiro atoms. The fourth-order valence-electron chi connectivity index (χ4n) is 4.03. The molecule has 8 N–H and O–H groups in total. The van der Waals surface area contributed by atoms with Crippen molar-refractivity contribution in [2.24, 2.45) is 5.10 Å². The molecule has 1 aliphatic carbocycles. The number of aliphatic hydroxyl groups is 3. The summed E-state index contributed by atoms with van der Waals surface area (Å²) in [4.78, 5) is 24.0. The number of carbonyl (C=O) groups excluding carboxylic acids is 1. The molecule has 0 fully saturated rings. The monoisotopic (exact) mass is 659 g/mol. The Morgan fingerprint density at radius 2 is 1.56 bits per heavy atom.